The Morgan fingerprint density at radius 1 is 1.55 bits per heavy atom. The average molecular weight is 186 g/mol. The third-order valence-corrected chi connectivity index (χ3v) is 1.32. The molecule has 6 heteroatoms. The van der Waals surface area contributed by atoms with Crippen molar-refractivity contribution in [2.24, 2.45) is 5.73 Å². The monoisotopic (exact) mass is 186 g/mol. The molecule has 0 amide bonds. The summed E-state index contributed by atoms with van der Waals surface area (Å²) in [6.07, 6.45) is -4.24. The molecule has 0 aromatic carbocycles. The Bertz CT molecular complexity index is 145. The van der Waals surface area contributed by atoms with Crippen molar-refractivity contribution in [3.8, 4) is 0 Å². The van der Waals surface area contributed by atoms with Gasteiger partial charge in [0.1, 0.15) is 6.54 Å². The van der Waals surface area contributed by atoms with E-state index in [4.69, 9.17) is 5.73 Å². The summed E-state index contributed by atoms with van der Waals surface area (Å²) in [7, 11) is 0. The van der Waals surface area contributed by atoms with Gasteiger partial charge in [-0.05, 0) is 19.1 Å². The van der Waals surface area contributed by atoms with Gasteiger partial charge in [-0.25, -0.2) is 0 Å². The molecule has 2 nitrogen and oxygen atoms in total. The summed E-state index contributed by atoms with van der Waals surface area (Å²) in [5.41, 5.74) is 5.01. The minimum absolute atomic E-state index is 0.175. The van der Waals surface area contributed by atoms with Gasteiger partial charge in [0.05, 0.1) is 0 Å². The summed E-state index contributed by atoms with van der Waals surface area (Å²) >= 11 is 4.39. The maximum Gasteiger partial charge on any atom is 0.405 e. The molecule has 0 saturated heterocycles. The summed E-state index contributed by atoms with van der Waals surface area (Å²) in [5.74, 6) is 0. The summed E-state index contributed by atoms with van der Waals surface area (Å²) in [6.45, 7) is 0.665. The van der Waals surface area contributed by atoms with Gasteiger partial charge >= 0.3 is 6.18 Å². The molecule has 11 heavy (non-hydrogen) atoms. The molecule has 0 unspecified atom stereocenters. The van der Waals surface area contributed by atoms with Crippen LogP contribution in [0.1, 0.15) is 6.92 Å². The quantitative estimate of drug-likeness (QED) is 0.655. The van der Waals surface area contributed by atoms with Crippen molar-refractivity contribution in [3.05, 3.63) is 0 Å². The highest BCUT2D eigenvalue weighted by Crippen LogP contribution is 2.15. The highest BCUT2D eigenvalue weighted by Gasteiger charge is 2.30. The fourth-order valence-electron chi connectivity index (χ4n) is 0.562. The Balaban J connectivity index is 3.99. The lowest BCUT2D eigenvalue weighted by Gasteiger charge is -2.21. The highest BCUT2D eigenvalue weighted by atomic mass is 32.1. The first-order valence-electron chi connectivity index (χ1n) is 2.98. The average Bonchev–Trinajstić information content (AvgIpc) is 1.80. The standard InChI is InChI=1S/C5H9F3N2S/c1-2-10(4(9)11)3-5(6,7)8/h2-3H2,1H3,(H2,9,11). The number of hydrogen-bond donors (Lipinski definition) is 1. The number of rotatable bonds is 2. The molecule has 0 fully saturated rings. The molecule has 0 radical (unpaired) electrons. The Kier molecular flexibility index (Phi) is 3.57. The van der Waals surface area contributed by atoms with Crippen LogP contribution in [0, 0.1) is 0 Å². The zero-order chi connectivity index (χ0) is 9.07. The highest BCUT2D eigenvalue weighted by molar-refractivity contribution is 7.80. The summed E-state index contributed by atoms with van der Waals surface area (Å²) in [5, 5.41) is -0.218. The second kappa shape index (κ2) is 3.75. The third kappa shape index (κ3) is 4.83. The van der Waals surface area contributed by atoms with E-state index in [1.807, 2.05) is 0 Å². The zero-order valence-corrected chi connectivity index (χ0v) is 6.80. The van der Waals surface area contributed by atoms with Crippen LogP contribution in [0.2, 0.25) is 0 Å². The summed E-state index contributed by atoms with van der Waals surface area (Å²) < 4.78 is 35.1. The maximum atomic E-state index is 11.7. The van der Waals surface area contributed by atoms with Crippen LogP contribution in [0.25, 0.3) is 0 Å². The van der Waals surface area contributed by atoms with E-state index in [-0.39, 0.29) is 11.7 Å². The molecule has 0 aliphatic carbocycles. The number of hydrogen-bond acceptors (Lipinski definition) is 1. The van der Waals surface area contributed by atoms with Gasteiger partial charge in [-0.2, -0.15) is 13.2 Å². The topological polar surface area (TPSA) is 29.3 Å². The molecule has 0 bridgehead atoms. The largest absolute Gasteiger partial charge is 0.405 e. The Labute approximate surface area is 68.2 Å². The first-order chi connectivity index (χ1) is 4.87. The van der Waals surface area contributed by atoms with Gasteiger partial charge in [0, 0.05) is 6.54 Å². The van der Waals surface area contributed by atoms with Crippen molar-refractivity contribution in [3.63, 3.8) is 0 Å². The number of halogens is 3. The van der Waals surface area contributed by atoms with Crippen LogP contribution in [0.15, 0.2) is 0 Å². The van der Waals surface area contributed by atoms with Gasteiger partial charge < -0.3 is 10.6 Å². The zero-order valence-electron chi connectivity index (χ0n) is 5.98. The molecule has 2 N–H and O–H groups in total. The molecular weight excluding hydrogens is 177 g/mol. The van der Waals surface area contributed by atoms with Crippen molar-refractivity contribution >= 4 is 17.3 Å². The molecule has 0 spiro atoms. The molecular formula is C5H9F3N2S. The maximum absolute atomic E-state index is 11.7. The molecule has 0 heterocycles. The molecule has 0 rings (SSSR count). The van der Waals surface area contributed by atoms with Gasteiger partial charge in [0.2, 0.25) is 0 Å². The first kappa shape index (κ1) is 10.5. The fourth-order valence-corrected chi connectivity index (χ4v) is 0.756. The molecule has 0 atom stereocenters. The summed E-state index contributed by atoms with van der Waals surface area (Å²) in [6, 6.07) is 0. The number of alkyl halides is 3. The van der Waals surface area contributed by atoms with E-state index < -0.39 is 12.7 Å². The van der Waals surface area contributed by atoms with Crippen LogP contribution in [-0.4, -0.2) is 29.3 Å². The molecule has 0 saturated carbocycles. The number of nitrogens with two attached hydrogens (primary N) is 1. The van der Waals surface area contributed by atoms with Gasteiger partial charge in [0.25, 0.3) is 0 Å². The SMILES string of the molecule is CCN(CC(F)(F)F)C(N)=S. The van der Waals surface area contributed by atoms with Crippen molar-refractivity contribution in [1.29, 1.82) is 0 Å². The first-order valence-corrected chi connectivity index (χ1v) is 3.38. The van der Waals surface area contributed by atoms with Crippen molar-refractivity contribution in [2.75, 3.05) is 13.1 Å². The molecule has 0 aliphatic heterocycles. The Hall–Kier alpha value is -0.520. The fraction of sp³-hybridized carbons (Fsp3) is 0.800. The third-order valence-electron chi connectivity index (χ3n) is 1.06. The molecule has 66 valence electrons. The van der Waals surface area contributed by atoms with Gasteiger partial charge in [-0.15, -0.1) is 0 Å². The lowest BCUT2D eigenvalue weighted by molar-refractivity contribution is -0.137. The molecule has 0 aliphatic rings. The van der Waals surface area contributed by atoms with Crippen LogP contribution in [0.4, 0.5) is 13.2 Å². The van der Waals surface area contributed by atoms with Crippen molar-refractivity contribution in [1.82, 2.24) is 4.90 Å². The van der Waals surface area contributed by atoms with E-state index in [0.29, 0.717) is 0 Å². The van der Waals surface area contributed by atoms with Crippen LogP contribution in [0.3, 0.4) is 0 Å². The lowest BCUT2D eigenvalue weighted by Crippen LogP contribution is -2.41. The number of thiocarbonyl (C=S) groups is 1. The summed E-state index contributed by atoms with van der Waals surface area (Å²) in [4.78, 5) is 0.884. The number of nitrogens with zero attached hydrogens (tertiary/aromatic N) is 1. The second-order valence-electron chi connectivity index (χ2n) is 1.97. The van der Waals surface area contributed by atoms with E-state index in [2.05, 4.69) is 12.2 Å². The minimum Gasteiger partial charge on any atom is -0.376 e. The van der Waals surface area contributed by atoms with Gasteiger partial charge in [-0.1, -0.05) is 0 Å². The Morgan fingerprint density at radius 3 is 2.09 bits per heavy atom. The molecule has 0 aromatic heterocycles. The van der Waals surface area contributed by atoms with E-state index in [9.17, 15) is 13.2 Å². The van der Waals surface area contributed by atoms with Gasteiger partial charge in [-0.3, -0.25) is 0 Å². The minimum atomic E-state index is -4.24. The van der Waals surface area contributed by atoms with Crippen molar-refractivity contribution < 1.29 is 13.2 Å². The van der Waals surface area contributed by atoms with Crippen LogP contribution >= 0.6 is 12.2 Å². The van der Waals surface area contributed by atoms with E-state index in [0.717, 1.165) is 4.90 Å². The van der Waals surface area contributed by atoms with Crippen LogP contribution in [0.5, 0.6) is 0 Å². The Morgan fingerprint density at radius 2 is 2.00 bits per heavy atom. The van der Waals surface area contributed by atoms with E-state index in [1.165, 1.54) is 0 Å². The second-order valence-corrected chi connectivity index (χ2v) is 2.39. The normalized spacial score (nSPS) is 11.3. The van der Waals surface area contributed by atoms with Crippen LogP contribution in [-0.2, 0) is 0 Å². The van der Waals surface area contributed by atoms with Gasteiger partial charge in [0.15, 0.2) is 5.11 Å². The van der Waals surface area contributed by atoms with E-state index in [1.54, 1.807) is 6.92 Å². The lowest BCUT2D eigenvalue weighted by atomic mass is 10.5. The van der Waals surface area contributed by atoms with E-state index >= 15 is 0 Å². The smallest absolute Gasteiger partial charge is 0.376 e. The predicted molar refractivity (Wildman–Crippen MR) is 40.1 cm³/mol. The predicted octanol–water partition coefficient (Wildman–Crippen LogP) is 1.11. The van der Waals surface area contributed by atoms with Crippen molar-refractivity contribution in [2.45, 2.75) is 13.1 Å². The molecule has 0 aromatic rings. The van der Waals surface area contributed by atoms with Crippen LogP contribution < -0.4 is 5.73 Å².